The molecule has 21 heteroatoms. The van der Waals surface area contributed by atoms with Crippen molar-refractivity contribution in [1.29, 1.82) is 0 Å². The minimum absolute atomic E-state index is 0.00264. The fourth-order valence-electron chi connectivity index (χ4n) is 10.7. The molecular weight excluding hydrogens is 1230 g/mol. The topological polar surface area (TPSA) is 241 Å². The van der Waals surface area contributed by atoms with Crippen LogP contribution in [0.5, 0.6) is 17.2 Å². The number of aromatic hydroxyl groups is 1. The van der Waals surface area contributed by atoms with Crippen molar-refractivity contribution < 1.29 is 55.0 Å². The summed E-state index contributed by atoms with van der Waals surface area (Å²) in [6.07, 6.45) is 31.1. The number of nitrogens with zero attached hydrogens (tertiary/aromatic N) is 3. The van der Waals surface area contributed by atoms with Gasteiger partial charge < -0.3 is 25.2 Å². The van der Waals surface area contributed by atoms with Gasteiger partial charge in [0.15, 0.2) is 9.84 Å². The summed E-state index contributed by atoms with van der Waals surface area (Å²) in [4.78, 5) is 46.0. The molecule has 4 N–H and O–H groups in total. The standard InChI is InChI=1S/C71H96N6O12S3/c1-6-8-10-12-14-16-18-20-21-22-24-26-28-30-49-72-92(84,85)60-45-41-58(42-46-60)75-76-64-51-68(91(5,82)83)66(52-67(64)90-89-86-4)87-53-55-35-43-59(44-36-55)88-71(81)77(50-31-29-27-25-23-19-17-15-13-11-9-7-2)65-34-32-33-62-61(65)47-48-63(69(62)79)70(80)74-57-39-37-56(38-40-57)73-54(3)78/h32-48,51-52,72,79H,6-31,49-50,53H2,1-5H3,(H,73,78)(H,74,80)/b76-75+. The van der Waals surface area contributed by atoms with E-state index in [1.54, 1.807) is 77.7 Å². The van der Waals surface area contributed by atoms with Gasteiger partial charge in [-0.2, -0.15) is 9.45 Å². The Labute approximate surface area is 550 Å². The molecule has 0 heterocycles. The van der Waals surface area contributed by atoms with E-state index in [0.29, 0.717) is 63.5 Å². The minimum Gasteiger partial charge on any atom is -0.506 e. The zero-order valence-electron chi connectivity index (χ0n) is 54.5. The molecular formula is C71H96N6O12S3. The van der Waals surface area contributed by atoms with E-state index in [1.165, 1.54) is 166 Å². The second-order valence-corrected chi connectivity index (χ2v) is 27.9. The number of anilines is 3. The summed E-state index contributed by atoms with van der Waals surface area (Å²) >= 11 is 0.760. The number of phenols is 1. The number of hydrogen-bond donors (Lipinski definition) is 4. The monoisotopic (exact) mass is 1320 g/mol. The van der Waals surface area contributed by atoms with Crippen molar-refractivity contribution in [2.75, 3.05) is 42.0 Å². The van der Waals surface area contributed by atoms with Crippen molar-refractivity contribution >= 4 is 89.0 Å². The third-order valence-electron chi connectivity index (χ3n) is 15.8. The minimum atomic E-state index is -3.92. The first-order valence-electron chi connectivity index (χ1n) is 32.9. The predicted octanol–water partition coefficient (Wildman–Crippen LogP) is 19.2. The van der Waals surface area contributed by atoms with Gasteiger partial charge in [-0.15, -0.1) is 5.11 Å². The number of hydrogen-bond acceptors (Lipinski definition) is 15. The summed E-state index contributed by atoms with van der Waals surface area (Å²) in [5.74, 6) is -0.804. The smallest absolute Gasteiger partial charge is 0.419 e. The summed E-state index contributed by atoms with van der Waals surface area (Å²) in [6.45, 7) is 6.44. The van der Waals surface area contributed by atoms with E-state index in [1.807, 2.05) is 0 Å². The molecule has 6 aromatic carbocycles. The highest BCUT2D eigenvalue weighted by molar-refractivity contribution is 7.94. The van der Waals surface area contributed by atoms with E-state index in [9.17, 15) is 36.3 Å². The maximum absolute atomic E-state index is 14.4. The van der Waals surface area contributed by atoms with Crippen LogP contribution in [0.3, 0.4) is 0 Å². The van der Waals surface area contributed by atoms with E-state index in [0.717, 1.165) is 69.7 Å². The molecule has 0 aliphatic carbocycles. The molecule has 92 heavy (non-hydrogen) atoms. The molecule has 0 saturated heterocycles. The van der Waals surface area contributed by atoms with Crippen LogP contribution in [0.4, 0.5) is 33.2 Å². The van der Waals surface area contributed by atoms with Crippen LogP contribution in [0, 0.1) is 0 Å². The van der Waals surface area contributed by atoms with Gasteiger partial charge in [0.25, 0.3) is 5.91 Å². The number of fused-ring (bicyclic) bond motifs is 1. The molecule has 6 rings (SSSR count). The van der Waals surface area contributed by atoms with Crippen molar-refractivity contribution in [3.63, 3.8) is 0 Å². The number of azo groups is 1. The molecule has 0 unspecified atom stereocenters. The highest BCUT2D eigenvalue weighted by Crippen LogP contribution is 2.41. The number of rotatable bonds is 44. The number of carbonyl (C=O) groups excluding carboxylic acids is 3. The van der Waals surface area contributed by atoms with E-state index in [4.69, 9.17) is 18.7 Å². The third kappa shape index (κ3) is 25.5. The quantitative estimate of drug-likeness (QED) is 0.00916. The Hall–Kier alpha value is -6.88. The van der Waals surface area contributed by atoms with Crippen molar-refractivity contribution in [2.24, 2.45) is 10.2 Å². The Bertz CT molecular complexity index is 3500. The average Bonchev–Trinajstić information content (AvgIpc) is 0.791. The lowest BCUT2D eigenvalue weighted by atomic mass is 10.0. The van der Waals surface area contributed by atoms with E-state index < -0.39 is 31.9 Å². The van der Waals surface area contributed by atoms with Crippen LogP contribution < -0.4 is 29.7 Å². The van der Waals surface area contributed by atoms with Gasteiger partial charge in [-0.3, -0.25) is 14.5 Å². The van der Waals surface area contributed by atoms with Gasteiger partial charge in [0.1, 0.15) is 34.4 Å². The van der Waals surface area contributed by atoms with Gasteiger partial charge in [0.2, 0.25) is 15.9 Å². The first kappa shape index (κ1) is 74.2. The van der Waals surface area contributed by atoms with Crippen LogP contribution in [-0.2, 0) is 40.5 Å². The number of carbonyl (C=O) groups is 3. The molecule has 0 radical (unpaired) electrons. The van der Waals surface area contributed by atoms with Crippen LogP contribution in [-0.4, -0.2) is 66.3 Å². The summed E-state index contributed by atoms with van der Waals surface area (Å²) in [5.41, 5.74) is 2.59. The SMILES string of the molecule is CCCCCCCCCCCCCCCCNS(=O)(=O)c1ccc(/N=N/c2cc(S(C)(=O)=O)c(OCc3ccc(OC(=O)N(CCCCCCCCCCCCCC)c4cccc5c(O)c(C(=O)Nc6ccc(NC(C)=O)cc6)ccc45)cc3)cc2SOOC)cc1. The van der Waals surface area contributed by atoms with Crippen molar-refractivity contribution in [3.8, 4) is 17.2 Å². The Kier molecular flexibility index (Phi) is 32.5. The van der Waals surface area contributed by atoms with E-state index in [2.05, 4.69) is 39.4 Å². The van der Waals surface area contributed by atoms with Crippen molar-refractivity contribution in [1.82, 2.24) is 4.72 Å². The number of phenolic OH excluding ortho intramolecular Hbond substituents is 1. The number of amides is 3. The molecule has 18 nitrogen and oxygen atoms in total. The lowest BCUT2D eigenvalue weighted by molar-refractivity contribution is -0.160. The van der Waals surface area contributed by atoms with Gasteiger partial charge in [0, 0.05) is 48.4 Å². The van der Waals surface area contributed by atoms with E-state index in [-0.39, 0.29) is 50.8 Å². The largest absolute Gasteiger partial charge is 0.506 e. The predicted molar refractivity (Wildman–Crippen MR) is 369 cm³/mol. The molecule has 3 amide bonds. The number of unbranched alkanes of at least 4 members (excludes halogenated alkanes) is 24. The fraction of sp³-hybridized carbons (Fsp3) is 0.479. The zero-order chi connectivity index (χ0) is 66.0. The van der Waals surface area contributed by atoms with Gasteiger partial charge in [-0.25, -0.2) is 31.2 Å². The fourth-order valence-corrected chi connectivity index (χ4v) is 13.1. The molecule has 0 atom stereocenters. The Morgan fingerprint density at radius 1 is 0.598 bits per heavy atom. The van der Waals surface area contributed by atoms with Crippen LogP contribution >= 0.6 is 12.0 Å². The second-order valence-electron chi connectivity index (χ2n) is 23.4. The Balaban J connectivity index is 1.08. The van der Waals surface area contributed by atoms with Gasteiger partial charge in [0.05, 0.1) is 45.9 Å². The summed E-state index contributed by atoms with van der Waals surface area (Å²) < 4.78 is 73.0. The number of sulfone groups is 1. The third-order valence-corrected chi connectivity index (χ3v) is 19.2. The number of sulfonamides is 1. The molecule has 0 spiro atoms. The van der Waals surface area contributed by atoms with Crippen LogP contribution in [0.2, 0.25) is 0 Å². The van der Waals surface area contributed by atoms with Gasteiger partial charge >= 0.3 is 6.09 Å². The first-order chi connectivity index (χ1) is 44.5. The maximum Gasteiger partial charge on any atom is 0.419 e. The lowest BCUT2D eigenvalue weighted by Crippen LogP contribution is -2.34. The highest BCUT2D eigenvalue weighted by Gasteiger charge is 2.25. The molecule has 0 aromatic heterocycles. The highest BCUT2D eigenvalue weighted by atomic mass is 32.2. The summed E-state index contributed by atoms with van der Waals surface area (Å²) in [6, 6.07) is 30.3. The molecule has 6 aromatic rings. The van der Waals surface area contributed by atoms with Crippen molar-refractivity contribution in [3.05, 3.63) is 126 Å². The summed E-state index contributed by atoms with van der Waals surface area (Å²) in [7, 11) is -6.36. The zero-order valence-corrected chi connectivity index (χ0v) is 56.9. The normalized spacial score (nSPS) is 11.8. The lowest BCUT2D eigenvalue weighted by Gasteiger charge is -2.24. The first-order valence-corrected chi connectivity index (χ1v) is 37.0. The molecule has 0 saturated carbocycles. The van der Waals surface area contributed by atoms with Gasteiger partial charge in [-0.1, -0.05) is 198 Å². The van der Waals surface area contributed by atoms with Gasteiger partial charge in [-0.05, 0) is 103 Å². The van der Waals surface area contributed by atoms with Crippen LogP contribution in [0.1, 0.15) is 204 Å². The number of nitrogens with one attached hydrogen (secondary N) is 3. The molecule has 0 fully saturated rings. The number of benzene rings is 6. The molecule has 0 aliphatic rings. The van der Waals surface area contributed by atoms with E-state index >= 15 is 0 Å². The van der Waals surface area contributed by atoms with Crippen LogP contribution in [0.15, 0.2) is 140 Å². The molecule has 500 valence electrons. The average molecular weight is 1320 g/mol. The summed E-state index contributed by atoms with van der Waals surface area (Å²) in [5, 5.41) is 26.6. The second kappa shape index (κ2) is 40.3. The molecule has 0 aliphatic heterocycles. The van der Waals surface area contributed by atoms with Crippen molar-refractivity contribution in [2.45, 2.75) is 209 Å². The number of ether oxygens (including phenoxy) is 2. The Morgan fingerprint density at radius 2 is 1.14 bits per heavy atom. The Morgan fingerprint density at radius 3 is 1.68 bits per heavy atom. The van der Waals surface area contributed by atoms with Crippen LogP contribution in [0.25, 0.3) is 10.8 Å². The molecule has 0 bridgehead atoms. The maximum atomic E-state index is 14.4.